The molecule has 0 aromatic rings. The van der Waals surface area contributed by atoms with Gasteiger partial charge in [-0.2, -0.15) is 0 Å². The number of hydrogen-bond acceptors (Lipinski definition) is 4. The van der Waals surface area contributed by atoms with Crippen LogP contribution in [0.25, 0.3) is 0 Å². The number of guanidine groups is 1. The van der Waals surface area contributed by atoms with Crippen LogP contribution in [0.15, 0.2) is 4.99 Å². The summed E-state index contributed by atoms with van der Waals surface area (Å²) in [6, 6.07) is 0. The molecule has 1 heterocycles. The highest BCUT2D eigenvalue weighted by molar-refractivity contribution is 5.80. The van der Waals surface area contributed by atoms with Crippen LogP contribution in [0.5, 0.6) is 0 Å². The Bertz CT molecular complexity index is 391. The molecule has 1 saturated heterocycles. The smallest absolute Gasteiger partial charge is 0.307 e. The first kappa shape index (κ1) is 19.7. The number of hydrogen-bond donors (Lipinski definition) is 2. The first-order valence-electron chi connectivity index (χ1n) is 8.59. The SMILES string of the molecule is CCNC(=NCC1CCCOC1C(C)(C)C)NCCC(=O)OC. The zero-order valence-electron chi connectivity index (χ0n) is 15.3. The minimum atomic E-state index is -0.221. The van der Waals surface area contributed by atoms with E-state index in [9.17, 15) is 4.79 Å². The third-order valence-electron chi connectivity index (χ3n) is 3.98. The highest BCUT2D eigenvalue weighted by Crippen LogP contribution is 2.34. The lowest BCUT2D eigenvalue weighted by atomic mass is 9.78. The van der Waals surface area contributed by atoms with Gasteiger partial charge in [-0.3, -0.25) is 9.79 Å². The van der Waals surface area contributed by atoms with Gasteiger partial charge in [0.15, 0.2) is 5.96 Å². The van der Waals surface area contributed by atoms with E-state index in [1.165, 1.54) is 7.11 Å². The van der Waals surface area contributed by atoms with E-state index in [1.54, 1.807) is 0 Å². The Morgan fingerprint density at radius 1 is 1.35 bits per heavy atom. The number of nitrogens with one attached hydrogen (secondary N) is 2. The van der Waals surface area contributed by atoms with Gasteiger partial charge in [-0.1, -0.05) is 20.8 Å². The van der Waals surface area contributed by atoms with Crippen molar-refractivity contribution in [2.75, 3.05) is 33.4 Å². The highest BCUT2D eigenvalue weighted by atomic mass is 16.5. The summed E-state index contributed by atoms with van der Waals surface area (Å²) in [6.07, 6.45) is 2.81. The van der Waals surface area contributed by atoms with Crippen molar-refractivity contribution in [1.82, 2.24) is 10.6 Å². The maximum Gasteiger partial charge on any atom is 0.307 e. The molecule has 2 unspecified atom stereocenters. The normalized spacial score (nSPS) is 22.6. The van der Waals surface area contributed by atoms with Gasteiger partial charge in [-0.25, -0.2) is 0 Å². The number of esters is 1. The van der Waals surface area contributed by atoms with Crippen LogP contribution in [-0.4, -0.2) is 51.4 Å². The molecule has 0 aromatic carbocycles. The fourth-order valence-corrected chi connectivity index (χ4v) is 2.92. The summed E-state index contributed by atoms with van der Waals surface area (Å²) in [5.74, 6) is 0.955. The van der Waals surface area contributed by atoms with E-state index in [4.69, 9.17) is 4.74 Å². The fraction of sp³-hybridized carbons (Fsp3) is 0.882. The Labute approximate surface area is 140 Å². The molecule has 0 radical (unpaired) electrons. The first-order valence-corrected chi connectivity index (χ1v) is 8.59. The molecule has 6 heteroatoms. The van der Waals surface area contributed by atoms with Gasteiger partial charge in [-0.15, -0.1) is 0 Å². The van der Waals surface area contributed by atoms with Crippen molar-refractivity contribution in [3.8, 4) is 0 Å². The van der Waals surface area contributed by atoms with E-state index in [1.807, 2.05) is 6.92 Å². The molecule has 1 aliphatic heterocycles. The lowest BCUT2D eigenvalue weighted by Gasteiger charge is -2.39. The van der Waals surface area contributed by atoms with E-state index in [-0.39, 0.29) is 17.5 Å². The molecular weight excluding hydrogens is 294 g/mol. The minimum Gasteiger partial charge on any atom is -0.469 e. The second-order valence-corrected chi connectivity index (χ2v) is 7.03. The molecule has 0 aromatic heterocycles. The molecule has 1 aliphatic rings. The number of ether oxygens (including phenoxy) is 2. The average Bonchev–Trinajstić information content (AvgIpc) is 2.51. The molecule has 0 amide bonds. The predicted molar refractivity (Wildman–Crippen MR) is 92.5 cm³/mol. The second kappa shape index (κ2) is 9.75. The predicted octanol–water partition coefficient (Wildman–Crippen LogP) is 1.95. The van der Waals surface area contributed by atoms with Crippen LogP contribution in [0.3, 0.4) is 0 Å². The fourth-order valence-electron chi connectivity index (χ4n) is 2.92. The number of aliphatic imine (C=N–C) groups is 1. The molecule has 0 saturated carbocycles. The Morgan fingerprint density at radius 3 is 2.70 bits per heavy atom. The molecule has 2 atom stereocenters. The summed E-state index contributed by atoms with van der Waals surface area (Å²) in [7, 11) is 1.40. The monoisotopic (exact) mass is 327 g/mol. The first-order chi connectivity index (χ1) is 10.9. The molecule has 6 nitrogen and oxygen atoms in total. The summed E-state index contributed by atoms with van der Waals surface area (Å²) in [5, 5.41) is 6.39. The molecular formula is C17H33N3O3. The quantitative estimate of drug-likeness (QED) is 0.443. The van der Waals surface area contributed by atoms with Crippen molar-refractivity contribution in [2.45, 2.75) is 53.1 Å². The van der Waals surface area contributed by atoms with Gasteiger partial charge in [-0.05, 0) is 25.2 Å². The van der Waals surface area contributed by atoms with Gasteiger partial charge in [0.2, 0.25) is 0 Å². The van der Waals surface area contributed by atoms with Crippen LogP contribution in [0.4, 0.5) is 0 Å². The number of carbonyl (C=O) groups excluding carboxylic acids is 1. The molecule has 1 fully saturated rings. The van der Waals surface area contributed by atoms with Crippen molar-refractivity contribution in [3.63, 3.8) is 0 Å². The van der Waals surface area contributed by atoms with E-state index >= 15 is 0 Å². The number of methoxy groups -OCH3 is 1. The molecule has 0 bridgehead atoms. The number of carbonyl (C=O) groups is 1. The van der Waals surface area contributed by atoms with Crippen LogP contribution in [0.1, 0.15) is 47.0 Å². The molecule has 1 rings (SSSR count). The molecule has 0 aliphatic carbocycles. The maximum absolute atomic E-state index is 11.2. The Hall–Kier alpha value is -1.30. The lowest BCUT2D eigenvalue weighted by molar-refractivity contribution is -0.140. The zero-order chi connectivity index (χ0) is 17.3. The lowest BCUT2D eigenvalue weighted by Crippen LogP contribution is -2.43. The summed E-state index contributed by atoms with van der Waals surface area (Å²) < 4.78 is 10.6. The second-order valence-electron chi connectivity index (χ2n) is 7.03. The highest BCUT2D eigenvalue weighted by Gasteiger charge is 2.35. The molecule has 2 N–H and O–H groups in total. The third kappa shape index (κ3) is 7.20. The van der Waals surface area contributed by atoms with Gasteiger partial charge in [0.1, 0.15) is 0 Å². The third-order valence-corrected chi connectivity index (χ3v) is 3.98. The molecule has 23 heavy (non-hydrogen) atoms. The van der Waals surface area contributed by atoms with Crippen molar-refractivity contribution in [3.05, 3.63) is 0 Å². The van der Waals surface area contributed by atoms with Crippen LogP contribution in [0, 0.1) is 11.3 Å². The Kier molecular flexibility index (Phi) is 8.37. The standard InChI is InChI=1S/C17H33N3O3/c1-6-18-16(19-10-9-14(21)22-5)20-12-13-8-7-11-23-15(13)17(2,3)4/h13,15H,6-12H2,1-5H3,(H2,18,19,20). The van der Waals surface area contributed by atoms with Gasteiger partial charge in [0, 0.05) is 32.2 Å². The topological polar surface area (TPSA) is 72.0 Å². The zero-order valence-corrected chi connectivity index (χ0v) is 15.3. The van der Waals surface area contributed by atoms with Crippen LogP contribution in [-0.2, 0) is 14.3 Å². The molecule has 134 valence electrons. The van der Waals surface area contributed by atoms with Crippen molar-refractivity contribution >= 4 is 11.9 Å². The number of nitrogens with zero attached hydrogens (tertiary/aromatic N) is 1. The largest absolute Gasteiger partial charge is 0.469 e. The van der Waals surface area contributed by atoms with Crippen LogP contribution < -0.4 is 10.6 Å². The Morgan fingerprint density at radius 2 is 2.09 bits per heavy atom. The average molecular weight is 327 g/mol. The van der Waals surface area contributed by atoms with Gasteiger partial charge < -0.3 is 20.1 Å². The van der Waals surface area contributed by atoms with E-state index in [2.05, 4.69) is 41.1 Å². The number of rotatable bonds is 6. The summed E-state index contributed by atoms with van der Waals surface area (Å²) in [6.45, 7) is 11.6. The van der Waals surface area contributed by atoms with Crippen molar-refractivity contribution < 1.29 is 14.3 Å². The van der Waals surface area contributed by atoms with Crippen molar-refractivity contribution in [2.24, 2.45) is 16.3 Å². The van der Waals surface area contributed by atoms with Gasteiger partial charge >= 0.3 is 5.97 Å². The summed E-state index contributed by atoms with van der Waals surface area (Å²) in [4.78, 5) is 15.9. The summed E-state index contributed by atoms with van der Waals surface area (Å²) in [5.41, 5.74) is 0.122. The minimum absolute atomic E-state index is 0.122. The van der Waals surface area contributed by atoms with E-state index in [0.29, 0.717) is 18.9 Å². The molecule has 0 spiro atoms. The van der Waals surface area contributed by atoms with E-state index in [0.717, 1.165) is 38.5 Å². The summed E-state index contributed by atoms with van der Waals surface area (Å²) >= 11 is 0. The van der Waals surface area contributed by atoms with Gasteiger partial charge in [0.25, 0.3) is 0 Å². The van der Waals surface area contributed by atoms with Crippen molar-refractivity contribution in [1.29, 1.82) is 0 Å². The van der Waals surface area contributed by atoms with Crippen LogP contribution in [0.2, 0.25) is 0 Å². The van der Waals surface area contributed by atoms with Gasteiger partial charge in [0.05, 0.1) is 19.6 Å². The van der Waals surface area contributed by atoms with Crippen LogP contribution >= 0.6 is 0 Å². The maximum atomic E-state index is 11.2. The Balaban J connectivity index is 2.58. The van der Waals surface area contributed by atoms with E-state index < -0.39 is 0 Å².